The number of carbonyl (C=O) groups excluding carboxylic acids is 1. The van der Waals surface area contributed by atoms with Gasteiger partial charge in [-0.15, -0.1) is 5.10 Å². The first-order valence-corrected chi connectivity index (χ1v) is 8.33. The van der Waals surface area contributed by atoms with Crippen molar-refractivity contribution in [1.29, 1.82) is 5.26 Å². The molecule has 0 bridgehead atoms. The van der Waals surface area contributed by atoms with Crippen molar-refractivity contribution >= 4 is 17.5 Å². The largest absolute Gasteiger partial charge is 0.305 e. The average molecular weight is 348 g/mol. The lowest BCUT2D eigenvalue weighted by Crippen LogP contribution is -2.12. The lowest BCUT2D eigenvalue weighted by atomic mass is 10.0. The van der Waals surface area contributed by atoms with Crippen LogP contribution in [0.25, 0.3) is 16.8 Å². The number of nitrogens with one attached hydrogen (secondary N) is 1. The molecule has 0 fully saturated rings. The van der Waals surface area contributed by atoms with Crippen LogP contribution in [0.2, 0.25) is 0 Å². The van der Waals surface area contributed by atoms with Crippen LogP contribution in [0, 0.1) is 11.3 Å². The zero-order valence-corrected chi connectivity index (χ0v) is 14.8. The standard InChI is InChI=1S/C19H20N6O/c1-24(2)12-14-6-3-4-7-16(14)15-9-10-17-21-19(23-25(17)13-15)22-18(26)8-5-11-20/h3-4,6-7,9-10,13H,5,8,12H2,1-2H3,(H,22,23,26). The van der Waals surface area contributed by atoms with Gasteiger partial charge in [0, 0.05) is 31.1 Å². The molecule has 0 unspecified atom stereocenters. The Morgan fingerprint density at radius 1 is 1.27 bits per heavy atom. The molecular weight excluding hydrogens is 328 g/mol. The molecule has 0 aliphatic carbocycles. The summed E-state index contributed by atoms with van der Waals surface area (Å²) < 4.78 is 1.65. The lowest BCUT2D eigenvalue weighted by Gasteiger charge is -2.14. The van der Waals surface area contributed by atoms with E-state index in [9.17, 15) is 4.79 Å². The van der Waals surface area contributed by atoms with Crippen LogP contribution in [-0.4, -0.2) is 39.5 Å². The van der Waals surface area contributed by atoms with Crippen molar-refractivity contribution in [3.8, 4) is 17.2 Å². The normalized spacial score (nSPS) is 10.8. The molecule has 0 aliphatic rings. The zero-order valence-electron chi connectivity index (χ0n) is 14.8. The molecule has 2 heterocycles. The summed E-state index contributed by atoms with van der Waals surface area (Å²) in [5.41, 5.74) is 4.04. The van der Waals surface area contributed by atoms with Crippen molar-refractivity contribution in [2.75, 3.05) is 19.4 Å². The lowest BCUT2D eigenvalue weighted by molar-refractivity contribution is -0.116. The van der Waals surface area contributed by atoms with Gasteiger partial charge in [0.2, 0.25) is 11.9 Å². The summed E-state index contributed by atoms with van der Waals surface area (Å²) in [5, 5.41) is 15.5. The number of hydrogen-bond acceptors (Lipinski definition) is 5. The second-order valence-corrected chi connectivity index (χ2v) is 6.26. The molecule has 3 aromatic rings. The SMILES string of the molecule is CN(C)Cc1ccccc1-c1ccc2nc(NC(=O)CCC#N)nn2c1. The van der Waals surface area contributed by atoms with Crippen molar-refractivity contribution in [1.82, 2.24) is 19.5 Å². The van der Waals surface area contributed by atoms with Crippen LogP contribution in [0.4, 0.5) is 5.95 Å². The van der Waals surface area contributed by atoms with Crippen LogP contribution in [0.5, 0.6) is 0 Å². The molecule has 7 nitrogen and oxygen atoms in total. The predicted octanol–water partition coefficient (Wildman–Crippen LogP) is 2.70. The van der Waals surface area contributed by atoms with Crippen LogP contribution in [-0.2, 0) is 11.3 Å². The summed E-state index contributed by atoms with van der Waals surface area (Å²) in [7, 11) is 4.08. The summed E-state index contributed by atoms with van der Waals surface area (Å²) in [6, 6.07) is 14.1. The molecule has 132 valence electrons. The van der Waals surface area contributed by atoms with E-state index >= 15 is 0 Å². The average Bonchev–Trinajstić information content (AvgIpc) is 3.01. The fraction of sp³-hybridized carbons (Fsp3) is 0.263. The number of nitrogens with zero attached hydrogens (tertiary/aromatic N) is 5. The van der Waals surface area contributed by atoms with Gasteiger partial charge in [-0.3, -0.25) is 10.1 Å². The summed E-state index contributed by atoms with van der Waals surface area (Å²) >= 11 is 0. The third-order valence-corrected chi connectivity index (χ3v) is 3.86. The number of aromatic nitrogens is 3. The minimum atomic E-state index is -0.265. The molecule has 26 heavy (non-hydrogen) atoms. The van der Waals surface area contributed by atoms with E-state index in [0.29, 0.717) is 5.65 Å². The Hall–Kier alpha value is -3.24. The van der Waals surface area contributed by atoms with Gasteiger partial charge in [-0.05, 0) is 37.4 Å². The number of carbonyl (C=O) groups is 1. The monoisotopic (exact) mass is 348 g/mol. The molecular formula is C19H20N6O. The zero-order chi connectivity index (χ0) is 18.5. The number of fused-ring (bicyclic) bond motifs is 1. The Morgan fingerprint density at radius 3 is 2.85 bits per heavy atom. The molecule has 1 aromatic carbocycles. The fourth-order valence-electron chi connectivity index (χ4n) is 2.73. The van der Waals surface area contributed by atoms with Gasteiger partial charge in [0.25, 0.3) is 0 Å². The van der Waals surface area contributed by atoms with Crippen LogP contribution in [0.15, 0.2) is 42.6 Å². The highest BCUT2D eigenvalue weighted by molar-refractivity contribution is 5.89. The maximum atomic E-state index is 11.7. The molecule has 1 amide bonds. The first-order chi connectivity index (χ1) is 12.6. The van der Waals surface area contributed by atoms with Crippen molar-refractivity contribution in [2.24, 2.45) is 0 Å². The van der Waals surface area contributed by atoms with E-state index in [1.165, 1.54) is 5.56 Å². The van der Waals surface area contributed by atoms with Gasteiger partial charge in [0.15, 0.2) is 5.65 Å². The first kappa shape index (κ1) is 17.6. The van der Waals surface area contributed by atoms with E-state index in [1.807, 2.05) is 50.6 Å². The maximum Gasteiger partial charge on any atom is 0.249 e. The molecule has 0 saturated carbocycles. The molecule has 3 rings (SSSR count). The van der Waals surface area contributed by atoms with Crippen LogP contribution >= 0.6 is 0 Å². The van der Waals surface area contributed by atoms with Crippen LogP contribution < -0.4 is 5.32 Å². The van der Waals surface area contributed by atoms with Gasteiger partial charge in [0.05, 0.1) is 6.07 Å². The Kier molecular flexibility index (Phi) is 5.25. The molecule has 0 spiro atoms. The van der Waals surface area contributed by atoms with Crippen molar-refractivity contribution in [3.05, 3.63) is 48.2 Å². The third-order valence-electron chi connectivity index (χ3n) is 3.86. The predicted molar refractivity (Wildman–Crippen MR) is 99.3 cm³/mol. The van der Waals surface area contributed by atoms with Gasteiger partial charge in [-0.2, -0.15) is 10.2 Å². The molecule has 0 atom stereocenters. The number of pyridine rings is 1. The van der Waals surface area contributed by atoms with Gasteiger partial charge in [0.1, 0.15) is 0 Å². The van der Waals surface area contributed by atoms with Crippen molar-refractivity contribution in [2.45, 2.75) is 19.4 Å². The molecule has 0 radical (unpaired) electrons. The second kappa shape index (κ2) is 7.76. The molecule has 7 heteroatoms. The number of hydrogen-bond donors (Lipinski definition) is 1. The summed E-state index contributed by atoms with van der Waals surface area (Å²) in [5.74, 6) is -0.0225. The second-order valence-electron chi connectivity index (χ2n) is 6.26. The van der Waals surface area contributed by atoms with E-state index < -0.39 is 0 Å². The molecule has 2 aromatic heterocycles. The number of anilines is 1. The number of nitriles is 1. The van der Waals surface area contributed by atoms with E-state index in [1.54, 1.807) is 4.52 Å². The van der Waals surface area contributed by atoms with Crippen molar-refractivity contribution in [3.63, 3.8) is 0 Å². The highest BCUT2D eigenvalue weighted by atomic mass is 16.1. The number of amides is 1. The van der Waals surface area contributed by atoms with Gasteiger partial charge in [-0.1, -0.05) is 24.3 Å². The Bertz CT molecular complexity index is 970. The van der Waals surface area contributed by atoms with Crippen LogP contribution in [0.1, 0.15) is 18.4 Å². The number of benzene rings is 1. The van der Waals surface area contributed by atoms with E-state index in [-0.39, 0.29) is 24.7 Å². The molecule has 0 aliphatic heterocycles. The van der Waals surface area contributed by atoms with Gasteiger partial charge >= 0.3 is 0 Å². The van der Waals surface area contributed by atoms with Crippen LogP contribution in [0.3, 0.4) is 0 Å². The van der Waals surface area contributed by atoms with E-state index in [2.05, 4.69) is 32.4 Å². The van der Waals surface area contributed by atoms with Crippen molar-refractivity contribution < 1.29 is 4.79 Å². The summed E-state index contributed by atoms with van der Waals surface area (Å²) in [6.07, 6.45) is 2.21. The minimum absolute atomic E-state index is 0.134. The Morgan fingerprint density at radius 2 is 2.08 bits per heavy atom. The Balaban J connectivity index is 1.89. The third kappa shape index (κ3) is 4.05. The highest BCUT2D eigenvalue weighted by Gasteiger charge is 2.10. The Labute approximate surface area is 151 Å². The maximum absolute atomic E-state index is 11.7. The topological polar surface area (TPSA) is 86.3 Å². The summed E-state index contributed by atoms with van der Waals surface area (Å²) in [6.45, 7) is 0.839. The quantitative estimate of drug-likeness (QED) is 0.740. The summed E-state index contributed by atoms with van der Waals surface area (Å²) in [4.78, 5) is 18.1. The molecule has 1 N–H and O–H groups in total. The smallest absolute Gasteiger partial charge is 0.249 e. The van der Waals surface area contributed by atoms with E-state index in [0.717, 1.165) is 17.7 Å². The van der Waals surface area contributed by atoms with E-state index in [4.69, 9.17) is 5.26 Å². The fourth-order valence-corrected chi connectivity index (χ4v) is 2.73. The highest BCUT2D eigenvalue weighted by Crippen LogP contribution is 2.25. The number of rotatable bonds is 6. The minimum Gasteiger partial charge on any atom is -0.305 e. The van der Waals surface area contributed by atoms with Gasteiger partial charge < -0.3 is 4.90 Å². The van der Waals surface area contributed by atoms with Gasteiger partial charge in [-0.25, -0.2) is 4.52 Å². The molecule has 0 saturated heterocycles. The first-order valence-electron chi connectivity index (χ1n) is 8.33.